The van der Waals surface area contributed by atoms with E-state index in [4.69, 9.17) is 20.8 Å². The van der Waals surface area contributed by atoms with Crippen molar-refractivity contribution < 1.29 is 9.31 Å². The van der Waals surface area contributed by atoms with Crippen LogP contribution in [0.4, 0.5) is 0 Å². The van der Waals surface area contributed by atoms with Crippen molar-refractivity contribution in [3.8, 4) is 0 Å². The molecular formula is C15H24BN3O2. The van der Waals surface area contributed by atoms with Crippen LogP contribution in [0.3, 0.4) is 0 Å². The van der Waals surface area contributed by atoms with Crippen LogP contribution in [0.2, 0.25) is 0 Å². The van der Waals surface area contributed by atoms with E-state index in [2.05, 4.69) is 4.98 Å². The first-order valence-corrected chi connectivity index (χ1v) is 7.20. The number of aromatic nitrogens is 1. The van der Waals surface area contributed by atoms with Crippen LogP contribution in [0.25, 0.3) is 6.08 Å². The van der Waals surface area contributed by atoms with Crippen molar-refractivity contribution in [2.75, 3.05) is 6.54 Å². The monoisotopic (exact) mass is 289 g/mol. The lowest BCUT2D eigenvalue weighted by Crippen LogP contribution is -2.41. The molecule has 21 heavy (non-hydrogen) atoms. The zero-order valence-corrected chi connectivity index (χ0v) is 13.2. The van der Waals surface area contributed by atoms with Crippen LogP contribution in [-0.4, -0.2) is 29.8 Å². The number of nitrogens with zero attached hydrogens (tertiary/aromatic N) is 1. The molecule has 0 radical (unpaired) electrons. The van der Waals surface area contributed by atoms with Gasteiger partial charge in [-0.15, -0.1) is 0 Å². The van der Waals surface area contributed by atoms with Gasteiger partial charge >= 0.3 is 7.12 Å². The van der Waals surface area contributed by atoms with Gasteiger partial charge in [-0.05, 0) is 45.4 Å². The summed E-state index contributed by atoms with van der Waals surface area (Å²) >= 11 is 0. The Hall–Kier alpha value is -1.21. The molecule has 0 aromatic carbocycles. The molecule has 0 spiro atoms. The third-order valence-corrected chi connectivity index (χ3v) is 4.16. The fourth-order valence-electron chi connectivity index (χ4n) is 2.05. The summed E-state index contributed by atoms with van der Waals surface area (Å²) in [5.74, 6) is 1.91. The topological polar surface area (TPSA) is 83.4 Å². The van der Waals surface area contributed by atoms with Gasteiger partial charge in [-0.3, -0.25) is 4.98 Å². The second-order valence-corrected chi connectivity index (χ2v) is 6.34. The molecule has 0 bridgehead atoms. The second-order valence-electron chi connectivity index (χ2n) is 6.34. The molecule has 1 fully saturated rings. The average Bonchev–Trinajstić information content (AvgIpc) is 2.64. The van der Waals surface area contributed by atoms with Crippen LogP contribution in [-0.2, 0) is 9.31 Å². The Bertz CT molecular complexity index is 515. The predicted octanol–water partition coefficient (Wildman–Crippen LogP) is 1.68. The van der Waals surface area contributed by atoms with E-state index in [-0.39, 0.29) is 24.4 Å². The maximum absolute atomic E-state index is 5.92. The number of hydrogen-bond donors (Lipinski definition) is 2. The van der Waals surface area contributed by atoms with Crippen LogP contribution in [0.15, 0.2) is 24.3 Å². The van der Waals surface area contributed by atoms with E-state index in [1.165, 1.54) is 0 Å². The van der Waals surface area contributed by atoms with Crippen molar-refractivity contribution in [3.63, 3.8) is 0 Å². The Morgan fingerprint density at radius 1 is 1.29 bits per heavy atom. The number of nitrogens with two attached hydrogens (primary N) is 2. The highest BCUT2D eigenvalue weighted by atomic mass is 16.7. The molecule has 0 saturated carbocycles. The molecule has 114 valence electrons. The highest BCUT2D eigenvalue weighted by Crippen LogP contribution is 2.37. The summed E-state index contributed by atoms with van der Waals surface area (Å²) in [4.78, 5) is 4.23. The summed E-state index contributed by atoms with van der Waals surface area (Å²) in [5, 5.41) is 0. The van der Waals surface area contributed by atoms with Gasteiger partial charge in [0, 0.05) is 12.7 Å². The van der Waals surface area contributed by atoms with Gasteiger partial charge in [-0.2, -0.15) is 0 Å². The van der Waals surface area contributed by atoms with Crippen LogP contribution in [0, 0.1) is 0 Å². The Balaban J connectivity index is 2.09. The van der Waals surface area contributed by atoms with E-state index in [9.17, 15) is 0 Å². The van der Waals surface area contributed by atoms with Crippen molar-refractivity contribution in [1.82, 2.24) is 4.98 Å². The maximum atomic E-state index is 5.92. The molecule has 1 aromatic rings. The number of hydrogen-bond acceptors (Lipinski definition) is 5. The van der Waals surface area contributed by atoms with Gasteiger partial charge in [0.1, 0.15) is 0 Å². The lowest BCUT2D eigenvalue weighted by molar-refractivity contribution is 0.00578. The average molecular weight is 289 g/mol. The highest BCUT2D eigenvalue weighted by Gasteiger charge is 2.49. The first kappa shape index (κ1) is 16.2. The highest BCUT2D eigenvalue weighted by molar-refractivity contribution is 6.52. The summed E-state index contributed by atoms with van der Waals surface area (Å²) in [5.41, 5.74) is 12.6. The minimum atomic E-state index is -0.352. The van der Waals surface area contributed by atoms with Gasteiger partial charge in [0.2, 0.25) is 0 Å². The predicted molar refractivity (Wildman–Crippen MR) is 85.3 cm³/mol. The minimum absolute atomic E-state index is 0.241. The maximum Gasteiger partial charge on any atom is 0.487 e. The molecule has 1 atom stereocenters. The largest absolute Gasteiger partial charge is 0.487 e. The molecule has 0 aliphatic carbocycles. The van der Waals surface area contributed by atoms with Gasteiger partial charge in [0.05, 0.1) is 22.9 Å². The Morgan fingerprint density at radius 2 is 1.90 bits per heavy atom. The molecule has 1 aliphatic rings. The standard InChI is InChI=1S/C15H24BN3O2/c1-14(2)15(3,4)21-16(20-14)7-5-11-6-8-19-13(9-11)12(18)10-17/h5-9,12H,10,17-18H2,1-4H3/b7-5+. The summed E-state index contributed by atoms with van der Waals surface area (Å²) in [6.07, 6.45) is 3.69. The van der Waals surface area contributed by atoms with Crippen molar-refractivity contribution in [2.45, 2.75) is 44.9 Å². The fourth-order valence-corrected chi connectivity index (χ4v) is 2.05. The molecule has 1 unspecified atom stereocenters. The molecule has 1 saturated heterocycles. The van der Waals surface area contributed by atoms with E-state index in [0.717, 1.165) is 11.3 Å². The van der Waals surface area contributed by atoms with Crippen LogP contribution in [0.1, 0.15) is 45.0 Å². The van der Waals surface area contributed by atoms with Crippen LogP contribution in [0.5, 0.6) is 0 Å². The Kier molecular flexibility index (Phi) is 4.53. The molecule has 2 rings (SSSR count). The molecule has 1 aromatic heterocycles. The van der Waals surface area contributed by atoms with E-state index >= 15 is 0 Å². The van der Waals surface area contributed by atoms with E-state index in [1.54, 1.807) is 6.20 Å². The Morgan fingerprint density at radius 3 is 2.48 bits per heavy atom. The van der Waals surface area contributed by atoms with E-state index < -0.39 is 0 Å². The molecule has 0 amide bonds. The fraction of sp³-hybridized carbons (Fsp3) is 0.533. The molecule has 5 nitrogen and oxygen atoms in total. The van der Waals surface area contributed by atoms with Gasteiger partial charge in [-0.1, -0.05) is 12.1 Å². The second kappa shape index (κ2) is 5.89. The summed E-state index contributed by atoms with van der Waals surface area (Å²) < 4.78 is 11.8. The first-order chi connectivity index (χ1) is 9.75. The summed E-state index contributed by atoms with van der Waals surface area (Å²) in [6.45, 7) is 8.51. The molecule has 2 heterocycles. The zero-order valence-electron chi connectivity index (χ0n) is 13.2. The quantitative estimate of drug-likeness (QED) is 0.824. The lowest BCUT2D eigenvalue weighted by atomic mass is 9.89. The van der Waals surface area contributed by atoms with Crippen molar-refractivity contribution in [2.24, 2.45) is 11.5 Å². The smallest absolute Gasteiger partial charge is 0.400 e. The van der Waals surface area contributed by atoms with Crippen molar-refractivity contribution in [3.05, 3.63) is 35.6 Å². The normalized spacial score (nSPS) is 21.9. The Labute approximate surface area is 126 Å². The summed E-state index contributed by atoms with van der Waals surface area (Å²) in [6, 6.07) is 3.60. The SMILES string of the molecule is CC1(C)OB(/C=C/c2ccnc(C(N)CN)c2)OC1(C)C. The minimum Gasteiger partial charge on any atom is -0.400 e. The van der Waals surface area contributed by atoms with Gasteiger partial charge in [0.15, 0.2) is 0 Å². The molecule has 6 heteroatoms. The van der Waals surface area contributed by atoms with Crippen molar-refractivity contribution >= 4 is 13.2 Å². The van der Waals surface area contributed by atoms with Crippen LogP contribution < -0.4 is 11.5 Å². The van der Waals surface area contributed by atoms with Gasteiger partial charge < -0.3 is 20.8 Å². The van der Waals surface area contributed by atoms with Gasteiger partial charge in [-0.25, -0.2) is 0 Å². The molecule has 4 N–H and O–H groups in total. The number of pyridine rings is 1. The number of rotatable bonds is 4. The molecular weight excluding hydrogens is 265 g/mol. The lowest BCUT2D eigenvalue weighted by Gasteiger charge is -2.32. The summed E-state index contributed by atoms with van der Waals surface area (Å²) in [7, 11) is -0.352. The third kappa shape index (κ3) is 3.52. The van der Waals surface area contributed by atoms with Crippen LogP contribution >= 0.6 is 0 Å². The van der Waals surface area contributed by atoms with E-state index in [0.29, 0.717) is 6.54 Å². The molecule has 1 aliphatic heterocycles. The first-order valence-electron chi connectivity index (χ1n) is 7.20. The van der Waals surface area contributed by atoms with E-state index in [1.807, 2.05) is 51.9 Å². The van der Waals surface area contributed by atoms with Gasteiger partial charge in [0.25, 0.3) is 0 Å². The third-order valence-electron chi connectivity index (χ3n) is 4.16. The zero-order chi connectivity index (χ0) is 15.7. The van der Waals surface area contributed by atoms with Crippen molar-refractivity contribution in [1.29, 1.82) is 0 Å².